The summed E-state index contributed by atoms with van der Waals surface area (Å²) in [5.74, 6) is -4.46. The third-order valence-electron chi connectivity index (χ3n) is 7.10. The van der Waals surface area contributed by atoms with Crippen LogP contribution >= 0.6 is 0 Å². The molecule has 0 radical (unpaired) electrons. The van der Waals surface area contributed by atoms with Gasteiger partial charge in [0.2, 0.25) is 5.91 Å². The zero-order valence-corrected chi connectivity index (χ0v) is 19.9. The molecule has 196 valence electrons. The highest BCUT2D eigenvalue weighted by atomic mass is 19.1. The Kier molecular flexibility index (Phi) is 6.63. The number of ether oxygens (including phenoxy) is 2. The van der Waals surface area contributed by atoms with Crippen LogP contribution in [0.1, 0.15) is 50.4 Å². The molecular formula is C25H25F3N4O5. The monoisotopic (exact) mass is 518 g/mol. The van der Waals surface area contributed by atoms with Crippen LogP contribution in [-0.2, 0) is 14.3 Å². The summed E-state index contributed by atoms with van der Waals surface area (Å²) in [4.78, 5) is 46.4. The van der Waals surface area contributed by atoms with Crippen molar-refractivity contribution in [2.45, 2.75) is 50.5 Å². The van der Waals surface area contributed by atoms with E-state index in [0.717, 1.165) is 22.9 Å². The van der Waals surface area contributed by atoms with Crippen LogP contribution < -0.4 is 16.6 Å². The molecule has 2 fully saturated rings. The van der Waals surface area contributed by atoms with Gasteiger partial charge in [0.1, 0.15) is 23.5 Å². The maximum Gasteiger partial charge on any atom is 0.329 e. The molecule has 3 aromatic rings. The van der Waals surface area contributed by atoms with E-state index in [4.69, 9.17) is 9.47 Å². The molecule has 5 rings (SSSR count). The first-order valence-electron chi connectivity index (χ1n) is 12.0. The summed E-state index contributed by atoms with van der Waals surface area (Å²) < 4.78 is 53.9. The molecule has 2 N–H and O–H groups in total. The summed E-state index contributed by atoms with van der Waals surface area (Å²) in [5.41, 5.74) is -1.73. The van der Waals surface area contributed by atoms with Crippen molar-refractivity contribution >= 4 is 16.8 Å². The molecule has 2 aromatic heterocycles. The van der Waals surface area contributed by atoms with Gasteiger partial charge in [-0.15, -0.1) is 0 Å². The predicted octanol–water partition coefficient (Wildman–Crippen LogP) is 2.85. The fourth-order valence-corrected chi connectivity index (χ4v) is 5.29. The van der Waals surface area contributed by atoms with Crippen LogP contribution in [0.2, 0.25) is 0 Å². The van der Waals surface area contributed by atoms with Gasteiger partial charge in [0.05, 0.1) is 42.0 Å². The second-order valence-corrected chi connectivity index (χ2v) is 9.44. The lowest BCUT2D eigenvalue weighted by molar-refractivity contribution is -0.185. The number of nitrogens with zero attached hydrogens (tertiary/aromatic N) is 2. The molecule has 1 saturated heterocycles. The Morgan fingerprint density at radius 3 is 2.51 bits per heavy atom. The van der Waals surface area contributed by atoms with Crippen LogP contribution in [0.25, 0.3) is 10.9 Å². The van der Waals surface area contributed by atoms with Crippen molar-refractivity contribution in [3.63, 3.8) is 0 Å². The number of fused-ring (bicyclic) bond motifs is 1. The Morgan fingerprint density at radius 2 is 1.84 bits per heavy atom. The maximum atomic E-state index is 14.3. The van der Waals surface area contributed by atoms with Gasteiger partial charge in [-0.25, -0.2) is 22.5 Å². The Balaban J connectivity index is 1.53. The van der Waals surface area contributed by atoms with E-state index in [9.17, 15) is 27.6 Å². The van der Waals surface area contributed by atoms with E-state index in [2.05, 4.69) is 15.3 Å². The number of nitrogens with one attached hydrogen (secondary N) is 2. The predicted molar refractivity (Wildman–Crippen MR) is 125 cm³/mol. The molecule has 2 atom stereocenters. The van der Waals surface area contributed by atoms with Crippen molar-refractivity contribution in [2.24, 2.45) is 5.92 Å². The van der Waals surface area contributed by atoms with Crippen molar-refractivity contribution in [2.75, 3.05) is 13.2 Å². The van der Waals surface area contributed by atoms with Crippen LogP contribution in [0.3, 0.4) is 0 Å². The molecule has 1 aromatic carbocycles. The summed E-state index contributed by atoms with van der Waals surface area (Å²) in [7, 11) is 0. The summed E-state index contributed by atoms with van der Waals surface area (Å²) in [6.45, 7) is 2.37. The second kappa shape index (κ2) is 9.75. The second-order valence-electron chi connectivity index (χ2n) is 9.44. The topological polar surface area (TPSA) is 115 Å². The minimum atomic E-state index is -1.30. The minimum Gasteiger partial charge on any atom is -0.348 e. The molecule has 1 spiro atoms. The van der Waals surface area contributed by atoms with E-state index in [1.54, 1.807) is 0 Å². The molecule has 12 heteroatoms. The van der Waals surface area contributed by atoms with E-state index < -0.39 is 58.4 Å². The number of carbonyl (C=O) groups excluding carboxylic acids is 1. The van der Waals surface area contributed by atoms with Crippen molar-refractivity contribution in [1.29, 1.82) is 0 Å². The largest absolute Gasteiger partial charge is 0.348 e. The van der Waals surface area contributed by atoms with Crippen molar-refractivity contribution < 1.29 is 27.4 Å². The molecule has 1 aliphatic heterocycles. The van der Waals surface area contributed by atoms with Crippen LogP contribution in [0, 0.1) is 23.4 Å². The summed E-state index contributed by atoms with van der Waals surface area (Å²) in [5, 5.41) is 2.52. The van der Waals surface area contributed by atoms with E-state index in [0.29, 0.717) is 45.0 Å². The fraction of sp³-hybridized carbons (Fsp3) is 0.440. The lowest BCUT2D eigenvalue weighted by Gasteiger charge is -2.38. The smallest absolute Gasteiger partial charge is 0.329 e. The highest BCUT2D eigenvalue weighted by Crippen LogP contribution is 2.42. The van der Waals surface area contributed by atoms with Gasteiger partial charge in [-0.2, -0.15) is 0 Å². The number of benzene rings is 1. The van der Waals surface area contributed by atoms with Crippen LogP contribution in [0.4, 0.5) is 13.2 Å². The van der Waals surface area contributed by atoms with Gasteiger partial charge < -0.3 is 19.8 Å². The Hall–Kier alpha value is -3.51. The first-order chi connectivity index (χ1) is 17.7. The first kappa shape index (κ1) is 25.2. The van der Waals surface area contributed by atoms with E-state index >= 15 is 0 Å². The number of amides is 1. The average molecular weight is 518 g/mol. The lowest BCUT2D eigenvalue weighted by atomic mass is 9.80. The zero-order chi connectivity index (χ0) is 26.3. The van der Waals surface area contributed by atoms with Gasteiger partial charge in [-0.05, 0) is 43.9 Å². The third kappa shape index (κ3) is 4.78. The van der Waals surface area contributed by atoms with E-state index in [1.165, 1.54) is 13.0 Å². The van der Waals surface area contributed by atoms with Gasteiger partial charge >= 0.3 is 5.69 Å². The number of hydrogen-bond acceptors (Lipinski definition) is 6. The highest BCUT2D eigenvalue weighted by Gasteiger charge is 2.44. The molecule has 1 aliphatic carbocycles. The first-order valence-corrected chi connectivity index (χ1v) is 12.0. The molecular weight excluding hydrogens is 493 g/mol. The lowest BCUT2D eigenvalue weighted by Crippen LogP contribution is -2.49. The van der Waals surface area contributed by atoms with Crippen molar-refractivity contribution in [1.82, 2.24) is 19.9 Å². The summed E-state index contributed by atoms with van der Waals surface area (Å²) >= 11 is 0. The van der Waals surface area contributed by atoms with E-state index in [1.807, 2.05) is 0 Å². The molecule has 37 heavy (non-hydrogen) atoms. The van der Waals surface area contributed by atoms with Gasteiger partial charge in [0.25, 0.3) is 5.56 Å². The molecule has 1 saturated carbocycles. The number of rotatable bonds is 5. The number of H-pyrrole nitrogens is 1. The van der Waals surface area contributed by atoms with Gasteiger partial charge in [-0.1, -0.05) is 0 Å². The fourth-order valence-electron chi connectivity index (χ4n) is 5.29. The third-order valence-corrected chi connectivity index (χ3v) is 7.10. The van der Waals surface area contributed by atoms with Crippen LogP contribution in [0.15, 0.2) is 40.1 Å². The highest BCUT2D eigenvalue weighted by molar-refractivity contribution is 5.82. The number of aromatic amines is 1. The number of hydrogen-bond donors (Lipinski definition) is 2. The Morgan fingerprint density at radius 1 is 1.14 bits per heavy atom. The Labute approximate surface area is 208 Å². The maximum absolute atomic E-state index is 14.3. The van der Waals surface area contributed by atoms with Gasteiger partial charge in [-0.3, -0.25) is 14.6 Å². The number of aromatic nitrogens is 3. The van der Waals surface area contributed by atoms with Crippen molar-refractivity contribution in [3.8, 4) is 0 Å². The Bertz CT molecular complexity index is 1460. The standard InChI is InChI=1S/C25H25F3N4O5/c1-13(20-18(28)11-16(27)12-29-20)30-22(33)21(14-4-6-25(7-5-14)36-8-9-37-25)32-23(34)17-10-15(26)2-3-19(17)31-24(32)35/h2-3,10-14,21H,4-9H2,1H3,(H,30,33)(H,31,35)/t13-,21+/m1/s1. The van der Waals surface area contributed by atoms with E-state index in [-0.39, 0.29) is 16.6 Å². The normalized spacial score (nSPS) is 19.2. The molecule has 0 unspecified atom stereocenters. The van der Waals surface area contributed by atoms with Crippen molar-refractivity contribution in [3.05, 3.63) is 74.4 Å². The number of halogens is 3. The molecule has 3 heterocycles. The van der Waals surface area contributed by atoms with Crippen LogP contribution in [0.5, 0.6) is 0 Å². The quantitative estimate of drug-likeness (QED) is 0.537. The molecule has 9 nitrogen and oxygen atoms in total. The van der Waals surface area contributed by atoms with Crippen LogP contribution in [-0.4, -0.2) is 39.4 Å². The summed E-state index contributed by atoms with van der Waals surface area (Å²) in [6, 6.07) is 1.73. The average Bonchev–Trinajstić information content (AvgIpc) is 3.31. The molecule has 0 bridgehead atoms. The van der Waals surface area contributed by atoms with Gasteiger partial charge in [0, 0.05) is 18.9 Å². The number of carbonyl (C=O) groups is 1. The van der Waals surface area contributed by atoms with Gasteiger partial charge in [0.15, 0.2) is 5.79 Å². The summed E-state index contributed by atoms with van der Waals surface area (Å²) in [6.07, 6.45) is 2.50. The SMILES string of the molecule is C[C@@H](NC(=O)[C@H](C1CCC2(CC1)OCCO2)n1c(=O)[nH]c2ccc(F)cc2c1=O)c1ncc(F)cc1F. The zero-order valence-electron chi connectivity index (χ0n) is 19.9. The minimum absolute atomic E-state index is 0.0913. The molecule has 2 aliphatic rings. The molecule has 1 amide bonds. The number of pyridine rings is 1.